The third-order valence-electron chi connectivity index (χ3n) is 3.94. The van der Waals surface area contributed by atoms with Crippen molar-refractivity contribution in [3.05, 3.63) is 0 Å². The molecule has 0 radical (unpaired) electrons. The SMILES string of the molecule is CCCNC1CCC(C)(C)CC1OCCOC(C)(C)C. The van der Waals surface area contributed by atoms with Gasteiger partial charge in [-0.05, 0) is 58.4 Å². The van der Waals surface area contributed by atoms with Crippen molar-refractivity contribution in [2.45, 2.75) is 85.0 Å². The maximum Gasteiger partial charge on any atom is 0.0734 e. The van der Waals surface area contributed by atoms with Crippen LogP contribution < -0.4 is 5.32 Å². The molecule has 3 heteroatoms. The summed E-state index contributed by atoms with van der Waals surface area (Å²) in [6, 6.07) is 0.512. The smallest absolute Gasteiger partial charge is 0.0734 e. The lowest BCUT2D eigenvalue weighted by Crippen LogP contribution is -2.48. The van der Waals surface area contributed by atoms with Crippen LogP contribution in [0, 0.1) is 5.41 Å². The zero-order chi connectivity index (χ0) is 15.2. The third-order valence-corrected chi connectivity index (χ3v) is 3.94. The molecule has 1 rings (SSSR count). The largest absolute Gasteiger partial charge is 0.374 e. The molecule has 0 heterocycles. The van der Waals surface area contributed by atoms with Crippen LogP contribution in [0.5, 0.6) is 0 Å². The molecule has 1 aliphatic carbocycles. The highest BCUT2D eigenvalue weighted by molar-refractivity contribution is 4.89. The first kappa shape index (κ1) is 17.9. The third kappa shape index (κ3) is 7.05. The normalized spacial score (nSPS) is 26.7. The lowest BCUT2D eigenvalue weighted by Gasteiger charge is -2.41. The number of hydrogen-bond acceptors (Lipinski definition) is 3. The molecule has 0 bridgehead atoms. The Morgan fingerprint density at radius 3 is 2.50 bits per heavy atom. The van der Waals surface area contributed by atoms with Crippen LogP contribution in [0.2, 0.25) is 0 Å². The van der Waals surface area contributed by atoms with Gasteiger partial charge < -0.3 is 14.8 Å². The Bertz CT molecular complexity index is 271. The first-order chi connectivity index (χ1) is 9.23. The average Bonchev–Trinajstić information content (AvgIpc) is 2.32. The molecule has 0 aliphatic heterocycles. The van der Waals surface area contributed by atoms with Crippen molar-refractivity contribution >= 4 is 0 Å². The van der Waals surface area contributed by atoms with Crippen molar-refractivity contribution in [3.8, 4) is 0 Å². The number of rotatable bonds is 7. The second kappa shape index (κ2) is 7.77. The summed E-state index contributed by atoms with van der Waals surface area (Å²) in [5.74, 6) is 0. The van der Waals surface area contributed by atoms with Crippen LogP contribution in [-0.2, 0) is 9.47 Å². The number of hydrogen-bond donors (Lipinski definition) is 1. The van der Waals surface area contributed by atoms with Crippen LogP contribution in [0.1, 0.15) is 67.2 Å². The second-order valence-corrected chi connectivity index (χ2v) is 7.84. The van der Waals surface area contributed by atoms with Crippen LogP contribution in [0.3, 0.4) is 0 Å². The van der Waals surface area contributed by atoms with E-state index in [1.165, 1.54) is 19.3 Å². The summed E-state index contributed by atoms with van der Waals surface area (Å²) in [4.78, 5) is 0. The minimum absolute atomic E-state index is 0.0743. The molecule has 1 N–H and O–H groups in total. The zero-order valence-electron chi connectivity index (χ0n) is 14.4. The van der Waals surface area contributed by atoms with Crippen molar-refractivity contribution in [1.82, 2.24) is 5.32 Å². The van der Waals surface area contributed by atoms with Gasteiger partial charge >= 0.3 is 0 Å². The van der Waals surface area contributed by atoms with Gasteiger partial charge in [0, 0.05) is 6.04 Å². The fourth-order valence-electron chi connectivity index (χ4n) is 2.81. The average molecular weight is 285 g/mol. The molecule has 0 aromatic carbocycles. The summed E-state index contributed by atoms with van der Waals surface area (Å²) in [6.07, 6.45) is 5.16. The molecule has 2 atom stereocenters. The van der Waals surface area contributed by atoms with E-state index in [0.717, 1.165) is 13.0 Å². The molecule has 3 nitrogen and oxygen atoms in total. The summed E-state index contributed by atoms with van der Waals surface area (Å²) < 4.78 is 11.9. The van der Waals surface area contributed by atoms with E-state index in [4.69, 9.17) is 9.47 Å². The predicted molar refractivity (Wildman–Crippen MR) is 85.2 cm³/mol. The van der Waals surface area contributed by atoms with Gasteiger partial charge in [-0.15, -0.1) is 0 Å². The van der Waals surface area contributed by atoms with Gasteiger partial charge in [-0.2, -0.15) is 0 Å². The molecule has 1 aliphatic rings. The Kier molecular flexibility index (Phi) is 6.96. The lowest BCUT2D eigenvalue weighted by molar-refractivity contribution is -0.0769. The van der Waals surface area contributed by atoms with E-state index in [1.54, 1.807) is 0 Å². The topological polar surface area (TPSA) is 30.5 Å². The maximum absolute atomic E-state index is 6.14. The molecule has 0 aromatic rings. The van der Waals surface area contributed by atoms with Gasteiger partial charge in [-0.1, -0.05) is 20.8 Å². The van der Waals surface area contributed by atoms with Gasteiger partial charge in [0.15, 0.2) is 0 Å². The highest BCUT2D eigenvalue weighted by Crippen LogP contribution is 2.36. The van der Waals surface area contributed by atoms with Crippen LogP contribution in [0.25, 0.3) is 0 Å². The van der Waals surface area contributed by atoms with Gasteiger partial charge in [0.25, 0.3) is 0 Å². The van der Waals surface area contributed by atoms with E-state index in [9.17, 15) is 0 Å². The van der Waals surface area contributed by atoms with E-state index in [2.05, 4.69) is 46.9 Å². The Balaban J connectivity index is 2.39. The molecule has 2 unspecified atom stereocenters. The first-order valence-electron chi connectivity index (χ1n) is 8.22. The Morgan fingerprint density at radius 1 is 1.20 bits per heavy atom. The van der Waals surface area contributed by atoms with Gasteiger partial charge in [-0.3, -0.25) is 0 Å². The molecule has 0 spiro atoms. The van der Waals surface area contributed by atoms with E-state index in [0.29, 0.717) is 30.8 Å². The van der Waals surface area contributed by atoms with Crippen LogP contribution in [0.4, 0.5) is 0 Å². The van der Waals surface area contributed by atoms with Crippen molar-refractivity contribution in [2.75, 3.05) is 19.8 Å². The molecule has 0 amide bonds. The zero-order valence-corrected chi connectivity index (χ0v) is 14.4. The Hall–Kier alpha value is -0.120. The quantitative estimate of drug-likeness (QED) is 0.722. The summed E-state index contributed by atoms with van der Waals surface area (Å²) in [6.45, 7) is 15.6. The second-order valence-electron chi connectivity index (χ2n) is 7.84. The Labute approximate surface area is 125 Å². The van der Waals surface area contributed by atoms with Gasteiger partial charge in [0.1, 0.15) is 0 Å². The minimum atomic E-state index is -0.0743. The van der Waals surface area contributed by atoms with E-state index < -0.39 is 0 Å². The minimum Gasteiger partial charge on any atom is -0.374 e. The highest BCUT2D eigenvalue weighted by atomic mass is 16.5. The summed E-state index contributed by atoms with van der Waals surface area (Å²) in [5.41, 5.74) is 0.328. The molecule has 1 fully saturated rings. The molecular weight excluding hydrogens is 250 g/mol. The molecule has 0 aromatic heterocycles. The fraction of sp³-hybridized carbons (Fsp3) is 1.00. The van der Waals surface area contributed by atoms with E-state index >= 15 is 0 Å². The highest BCUT2D eigenvalue weighted by Gasteiger charge is 2.35. The van der Waals surface area contributed by atoms with Crippen LogP contribution in [-0.4, -0.2) is 37.5 Å². The molecule has 120 valence electrons. The van der Waals surface area contributed by atoms with Crippen molar-refractivity contribution in [1.29, 1.82) is 0 Å². The van der Waals surface area contributed by atoms with Gasteiger partial charge in [0.2, 0.25) is 0 Å². The molecule has 20 heavy (non-hydrogen) atoms. The van der Waals surface area contributed by atoms with Crippen molar-refractivity contribution < 1.29 is 9.47 Å². The number of ether oxygens (including phenoxy) is 2. The van der Waals surface area contributed by atoms with Crippen molar-refractivity contribution in [2.24, 2.45) is 5.41 Å². The van der Waals surface area contributed by atoms with E-state index in [1.807, 2.05) is 0 Å². The first-order valence-corrected chi connectivity index (χ1v) is 8.22. The number of nitrogens with one attached hydrogen (secondary N) is 1. The predicted octanol–water partition coefficient (Wildman–Crippen LogP) is 3.77. The summed E-state index contributed by atoms with van der Waals surface area (Å²) >= 11 is 0. The molecule has 0 saturated heterocycles. The fourth-order valence-corrected chi connectivity index (χ4v) is 2.81. The summed E-state index contributed by atoms with van der Waals surface area (Å²) in [5, 5.41) is 3.65. The summed E-state index contributed by atoms with van der Waals surface area (Å²) in [7, 11) is 0. The van der Waals surface area contributed by atoms with Crippen LogP contribution in [0.15, 0.2) is 0 Å². The van der Waals surface area contributed by atoms with Crippen LogP contribution >= 0.6 is 0 Å². The maximum atomic E-state index is 6.14. The lowest BCUT2D eigenvalue weighted by atomic mass is 9.74. The standard InChI is InChI=1S/C17H35NO2/c1-7-10-18-14-8-9-17(5,6)13-15(14)19-11-12-20-16(2,3)4/h14-15,18H,7-13H2,1-6H3. The van der Waals surface area contributed by atoms with Gasteiger partial charge in [-0.25, -0.2) is 0 Å². The molecular formula is C17H35NO2. The monoisotopic (exact) mass is 285 g/mol. The van der Waals surface area contributed by atoms with Gasteiger partial charge in [0.05, 0.1) is 24.9 Å². The van der Waals surface area contributed by atoms with Crippen molar-refractivity contribution in [3.63, 3.8) is 0 Å². The Morgan fingerprint density at radius 2 is 1.90 bits per heavy atom. The molecule has 1 saturated carbocycles. The van der Waals surface area contributed by atoms with E-state index in [-0.39, 0.29) is 5.60 Å².